The molecule has 2 N–H and O–H groups in total. The number of alkyl halides is 6. The molecule has 0 aliphatic carbocycles. The van der Waals surface area contributed by atoms with Crippen LogP contribution < -0.4 is 0 Å². The number of hydrogen-bond donors (Lipinski definition) is 2. The molecule has 2 aromatic carbocycles. The summed E-state index contributed by atoms with van der Waals surface area (Å²) in [7, 11) is -0.942. The van der Waals surface area contributed by atoms with Crippen LogP contribution in [0.1, 0.15) is 41.2 Å². The second-order valence-corrected chi connectivity index (χ2v) is 8.17. The van der Waals surface area contributed by atoms with Crippen LogP contribution in [0.2, 0.25) is 6.82 Å². The van der Waals surface area contributed by atoms with Gasteiger partial charge in [-0.05, 0) is 43.1 Å². The molecule has 4 atom stereocenters. The summed E-state index contributed by atoms with van der Waals surface area (Å²) in [6, 6.07) is 9.78. The normalized spacial score (nSPS) is 23.0. The molecule has 2 aromatic rings. The summed E-state index contributed by atoms with van der Waals surface area (Å²) < 4.78 is 85.5. The van der Waals surface area contributed by atoms with Crippen molar-refractivity contribution in [2.75, 3.05) is 13.2 Å². The highest BCUT2D eigenvalue weighted by molar-refractivity contribution is 6.45. The maximum Gasteiger partial charge on any atom is 0.416 e. The number of nitrogens with zero attached hydrogens (tertiary/aromatic N) is 1. The quantitative estimate of drug-likeness (QED) is 0.468. The van der Waals surface area contributed by atoms with Crippen molar-refractivity contribution >= 4 is 7.05 Å². The number of rotatable bonds is 6. The van der Waals surface area contributed by atoms with E-state index in [-0.39, 0.29) is 24.8 Å². The molecule has 1 aliphatic rings. The topological polar surface area (TPSA) is 52.9 Å². The Morgan fingerprint density at radius 3 is 2.03 bits per heavy atom. The van der Waals surface area contributed by atoms with Gasteiger partial charge in [0.25, 0.3) is 0 Å². The van der Waals surface area contributed by atoms with E-state index in [1.807, 2.05) is 0 Å². The second kappa shape index (κ2) is 9.65. The maximum absolute atomic E-state index is 13.3. The van der Waals surface area contributed by atoms with E-state index in [1.165, 1.54) is 13.7 Å². The number of benzene rings is 2. The first kappa shape index (κ1) is 25.5. The molecule has 1 aliphatic heterocycles. The average molecular weight is 475 g/mol. The van der Waals surface area contributed by atoms with Crippen LogP contribution in [-0.4, -0.2) is 47.3 Å². The highest BCUT2D eigenvalue weighted by atomic mass is 19.4. The van der Waals surface area contributed by atoms with Crippen molar-refractivity contribution in [1.82, 2.24) is 4.81 Å². The molecule has 0 spiro atoms. The Labute approximate surface area is 187 Å². The number of ether oxygens (including phenoxy) is 1. The standard InChI is InChI=1S/C22H24BF6NO3/c1-13(15-8-16(21(24,25)26)10-17(9-15)22(27,28)29)33-19-11-30(23(2)32)18(12-31)20(19)14-6-4-3-5-7-14/h3-10,13,18-20,31-32H,11-12H2,1-2H3/t13?,18-,19-,20-/m0/s1. The number of halogens is 6. The monoisotopic (exact) mass is 475 g/mol. The van der Waals surface area contributed by atoms with Crippen LogP contribution in [0.5, 0.6) is 0 Å². The van der Waals surface area contributed by atoms with Crippen LogP contribution in [0.4, 0.5) is 26.3 Å². The minimum absolute atomic E-state index is 0.0789. The predicted octanol–water partition coefficient (Wildman–Crippen LogP) is 4.74. The average Bonchev–Trinajstić information content (AvgIpc) is 3.11. The van der Waals surface area contributed by atoms with Gasteiger partial charge in [0.1, 0.15) is 0 Å². The van der Waals surface area contributed by atoms with E-state index in [1.54, 1.807) is 35.1 Å². The van der Waals surface area contributed by atoms with Crippen LogP contribution in [0.3, 0.4) is 0 Å². The molecule has 1 saturated heterocycles. The van der Waals surface area contributed by atoms with Gasteiger partial charge in [-0.15, -0.1) is 0 Å². The molecule has 11 heteroatoms. The van der Waals surface area contributed by atoms with E-state index in [0.717, 1.165) is 5.56 Å². The smallest absolute Gasteiger partial charge is 0.416 e. The summed E-state index contributed by atoms with van der Waals surface area (Å²) in [6.07, 6.45) is -11.7. The lowest BCUT2D eigenvalue weighted by Gasteiger charge is -2.28. The third-order valence-corrected chi connectivity index (χ3v) is 5.94. The van der Waals surface area contributed by atoms with E-state index in [9.17, 15) is 36.5 Å². The van der Waals surface area contributed by atoms with E-state index in [0.29, 0.717) is 12.1 Å². The lowest BCUT2D eigenvalue weighted by atomic mass is 9.82. The summed E-state index contributed by atoms with van der Waals surface area (Å²) in [4.78, 5) is 1.60. The first-order valence-electron chi connectivity index (χ1n) is 10.4. The Balaban J connectivity index is 1.97. The van der Waals surface area contributed by atoms with Crippen molar-refractivity contribution in [3.8, 4) is 0 Å². The molecule has 1 unspecified atom stereocenters. The first-order chi connectivity index (χ1) is 15.3. The van der Waals surface area contributed by atoms with E-state index >= 15 is 0 Å². The summed E-state index contributed by atoms with van der Waals surface area (Å²) in [5, 5.41) is 20.1. The van der Waals surface area contributed by atoms with Gasteiger partial charge < -0.3 is 19.7 Å². The largest absolute Gasteiger partial charge is 0.437 e. The van der Waals surface area contributed by atoms with Crippen molar-refractivity contribution in [2.24, 2.45) is 0 Å². The van der Waals surface area contributed by atoms with E-state index in [2.05, 4.69) is 0 Å². The fourth-order valence-corrected chi connectivity index (χ4v) is 4.35. The summed E-state index contributed by atoms with van der Waals surface area (Å²) in [5.41, 5.74) is -2.31. The zero-order valence-corrected chi connectivity index (χ0v) is 17.9. The van der Waals surface area contributed by atoms with Gasteiger partial charge in [-0.3, -0.25) is 0 Å². The van der Waals surface area contributed by atoms with Gasteiger partial charge in [0.05, 0.1) is 29.9 Å². The molecule has 180 valence electrons. The number of hydrogen-bond acceptors (Lipinski definition) is 4. The van der Waals surface area contributed by atoms with Gasteiger partial charge in [-0.25, -0.2) is 0 Å². The van der Waals surface area contributed by atoms with Crippen LogP contribution >= 0.6 is 0 Å². The number of aliphatic hydroxyl groups is 1. The maximum atomic E-state index is 13.3. The Morgan fingerprint density at radius 2 is 1.58 bits per heavy atom. The Kier molecular flexibility index (Phi) is 7.47. The molecular weight excluding hydrogens is 451 g/mol. The predicted molar refractivity (Wildman–Crippen MR) is 110 cm³/mol. The zero-order chi connectivity index (χ0) is 24.6. The Bertz CT molecular complexity index is 906. The zero-order valence-electron chi connectivity index (χ0n) is 17.9. The van der Waals surface area contributed by atoms with Crippen molar-refractivity contribution in [3.05, 3.63) is 70.8 Å². The van der Waals surface area contributed by atoms with Crippen molar-refractivity contribution < 1.29 is 41.2 Å². The Hall–Kier alpha value is -2.08. The van der Waals surface area contributed by atoms with Gasteiger partial charge in [0.15, 0.2) is 0 Å². The third kappa shape index (κ3) is 5.71. The van der Waals surface area contributed by atoms with Gasteiger partial charge >= 0.3 is 19.4 Å². The third-order valence-electron chi connectivity index (χ3n) is 5.94. The summed E-state index contributed by atoms with van der Waals surface area (Å²) in [6.45, 7) is 2.72. The molecule has 0 amide bonds. The van der Waals surface area contributed by atoms with E-state index < -0.39 is 54.7 Å². The Morgan fingerprint density at radius 1 is 1.03 bits per heavy atom. The number of aliphatic hydroxyl groups excluding tert-OH is 1. The SMILES string of the molecule is CB(O)N1C[C@H](OC(C)c2cc(C(F)(F)F)cc(C(F)(F)F)c2)[C@@H](c2ccccc2)[C@@H]1CO. The van der Waals surface area contributed by atoms with Gasteiger partial charge in [0.2, 0.25) is 0 Å². The molecule has 3 rings (SSSR count). The molecule has 1 fully saturated rings. The first-order valence-corrected chi connectivity index (χ1v) is 10.4. The van der Waals surface area contributed by atoms with Gasteiger partial charge in [0, 0.05) is 18.5 Å². The second-order valence-electron chi connectivity index (χ2n) is 8.17. The van der Waals surface area contributed by atoms with Crippen LogP contribution in [0.15, 0.2) is 48.5 Å². The van der Waals surface area contributed by atoms with Crippen LogP contribution in [0, 0.1) is 0 Å². The van der Waals surface area contributed by atoms with Crippen LogP contribution in [0.25, 0.3) is 0 Å². The highest BCUT2D eigenvalue weighted by Crippen LogP contribution is 2.41. The highest BCUT2D eigenvalue weighted by Gasteiger charge is 2.46. The molecule has 0 aromatic heterocycles. The molecule has 4 nitrogen and oxygen atoms in total. The van der Waals surface area contributed by atoms with Crippen molar-refractivity contribution in [3.63, 3.8) is 0 Å². The fourth-order valence-electron chi connectivity index (χ4n) is 4.35. The lowest BCUT2D eigenvalue weighted by molar-refractivity contribution is -0.143. The lowest BCUT2D eigenvalue weighted by Crippen LogP contribution is -2.44. The van der Waals surface area contributed by atoms with Gasteiger partial charge in [-0.2, -0.15) is 26.3 Å². The van der Waals surface area contributed by atoms with Crippen molar-refractivity contribution in [2.45, 2.75) is 50.3 Å². The fraction of sp³-hybridized carbons (Fsp3) is 0.455. The molecule has 0 bridgehead atoms. The van der Waals surface area contributed by atoms with Gasteiger partial charge in [-0.1, -0.05) is 30.3 Å². The minimum atomic E-state index is -4.96. The molecule has 0 saturated carbocycles. The molecule has 1 heterocycles. The van der Waals surface area contributed by atoms with Crippen molar-refractivity contribution in [1.29, 1.82) is 0 Å². The summed E-state index contributed by atoms with van der Waals surface area (Å²) in [5.74, 6) is -0.457. The minimum Gasteiger partial charge on any atom is -0.437 e. The molecule has 0 radical (unpaired) electrons. The summed E-state index contributed by atoms with van der Waals surface area (Å²) >= 11 is 0. The van der Waals surface area contributed by atoms with Crippen LogP contribution in [-0.2, 0) is 17.1 Å². The molecule has 33 heavy (non-hydrogen) atoms. The molecular formula is C22H24BF6NO3. The van der Waals surface area contributed by atoms with E-state index in [4.69, 9.17) is 4.74 Å².